The van der Waals surface area contributed by atoms with Gasteiger partial charge in [-0.25, -0.2) is 0 Å². The van der Waals surface area contributed by atoms with E-state index in [1.54, 1.807) is 19.2 Å². The number of hydrogen-bond donors (Lipinski definition) is 3. The summed E-state index contributed by atoms with van der Waals surface area (Å²) in [4.78, 5) is 12.3. The Morgan fingerprint density at radius 2 is 2.27 bits per heavy atom. The average molecular weight is 305 g/mol. The van der Waals surface area contributed by atoms with Crippen molar-refractivity contribution in [2.45, 2.75) is 25.0 Å². The molecular formula is C16H19NO5. The van der Waals surface area contributed by atoms with Crippen molar-refractivity contribution in [1.82, 2.24) is 5.32 Å². The van der Waals surface area contributed by atoms with Crippen LogP contribution >= 0.6 is 0 Å². The van der Waals surface area contributed by atoms with Gasteiger partial charge in [0.25, 0.3) is 5.91 Å². The van der Waals surface area contributed by atoms with E-state index >= 15 is 0 Å². The van der Waals surface area contributed by atoms with Crippen LogP contribution in [0.1, 0.15) is 23.4 Å². The predicted molar refractivity (Wildman–Crippen MR) is 79.8 cm³/mol. The number of amides is 1. The summed E-state index contributed by atoms with van der Waals surface area (Å²) in [5, 5.41) is 22.6. The highest BCUT2D eigenvalue weighted by molar-refractivity contribution is 5.97. The Bertz CT molecular complexity index is 680. The minimum Gasteiger partial charge on any atom is -0.493 e. The minimum atomic E-state index is -0.578. The maximum absolute atomic E-state index is 12.3. The number of ether oxygens (including phenoxy) is 1. The average Bonchev–Trinajstić information content (AvgIpc) is 3.09. The molecule has 6 nitrogen and oxygen atoms in total. The Morgan fingerprint density at radius 1 is 1.45 bits per heavy atom. The van der Waals surface area contributed by atoms with Gasteiger partial charge in [0.15, 0.2) is 17.1 Å². The molecule has 3 N–H and O–H groups in total. The molecule has 1 fully saturated rings. The summed E-state index contributed by atoms with van der Waals surface area (Å²) in [6, 6.07) is 6.96. The van der Waals surface area contributed by atoms with E-state index in [0.717, 1.165) is 5.39 Å². The van der Waals surface area contributed by atoms with Crippen molar-refractivity contribution in [3.05, 3.63) is 30.0 Å². The van der Waals surface area contributed by atoms with Gasteiger partial charge in [-0.1, -0.05) is 12.1 Å². The van der Waals surface area contributed by atoms with Crippen molar-refractivity contribution in [3.63, 3.8) is 0 Å². The van der Waals surface area contributed by atoms with E-state index < -0.39 is 6.10 Å². The largest absolute Gasteiger partial charge is 0.493 e. The molecule has 1 aromatic heterocycles. The fourth-order valence-electron chi connectivity index (χ4n) is 2.98. The van der Waals surface area contributed by atoms with Gasteiger partial charge in [0.1, 0.15) is 0 Å². The SMILES string of the molecule is COc1cccc2cc(C(=O)N[C@@H]3C[C@H](CO)[C@H](O)C3)oc12. The molecule has 1 amide bonds. The fraction of sp³-hybridized carbons (Fsp3) is 0.438. The van der Waals surface area contributed by atoms with Gasteiger partial charge >= 0.3 is 0 Å². The van der Waals surface area contributed by atoms with Gasteiger partial charge in [-0.15, -0.1) is 0 Å². The number of aliphatic hydroxyl groups excluding tert-OH is 2. The van der Waals surface area contributed by atoms with Crippen molar-refractivity contribution in [1.29, 1.82) is 0 Å². The van der Waals surface area contributed by atoms with E-state index in [2.05, 4.69) is 5.32 Å². The third-order valence-electron chi connectivity index (χ3n) is 4.18. The van der Waals surface area contributed by atoms with Gasteiger partial charge in [-0.05, 0) is 25.0 Å². The van der Waals surface area contributed by atoms with Crippen molar-refractivity contribution in [3.8, 4) is 5.75 Å². The Balaban J connectivity index is 1.76. The number of hydrogen-bond acceptors (Lipinski definition) is 5. The second-order valence-corrected chi connectivity index (χ2v) is 5.64. The molecule has 1 aliphatic rings. The summed E-state index contributed by atoms with van der Waals surface area (Å²) < 4.78 is 10.8. The number of fused-ring (bicyclic) bond motifs is 1. The third kappa shape index (κ3) is 2.67. The summed E-state index contributed by atoms with van der Waals surface area (Å²) in [7, 11) is 1.55. The second-order valence-electron chi connectivity index (χ2n) is 5.64. The smallest absolute Gasteiger partial charge is 0.287 e. The monoisotopic (exact) mass is 305 g/mol. The molecule has 0 unspecified atom stereocenters. The molecular weight excluding hydrogens is 286 g/mol. The Hall–Kier alpha value is -2.05. The van der Waals surface area contributed by atoms with Crippen LogP contribution in [0.25, 0.3) is 11.0 Å². The Labute approximate surface area is 127 Å². The van der Waals surface area contributed by atoms with Crippen molar-refractivity contribution >= 4 is 16.9 Å². The van der Waals surface area contributed by atoms with Crippen LogP contribution < -0.4 is 10.1 Å². The number of rotatable bonds is 4. The third-order valence-corrected chi connectivity index (χ3v) is 4.18. The molecule has 3 atom stereocenters. The van der Waals surface area contributed by atoms with E-state index in [4.69, 9.17) is 14.3 Å². The van der Waals surface area contributed by atoms with Crippen LogP contribution in [-0.4, -0.2) is 42.0 Å². The first-order valence-electron chi connectivity index (χ1n) is 7.28. The van der Waals surface area contributed by atoms with Crippen LogP contribution in [0.5, 0.6) is 5.75 Å². The molecule has 118 valence electrons. The molecule has 1 heterocycles. The number of para-hydroxylation sites is 1. The first-order valence-corrected chi connectivity index (χ1v) is 7.28. The van der Waals surface area contributed by atoms with E-state index in [1.165, 1.54) is 0 Å². The maximum Gasteiger partial charge on any atom is 0.287 e. The summed E-state index contributed by atoms with van der Waals surface area (Å²) in [6.45, 7) is -0.0740. The van der Waals surface area contributed by atoms with E-state index in [-0.39, 0.29) is 30.2 Å². The molecule has 0 saturated heterocycles. The molecule has 2 aromatic rings. The molecule has 3 rings (SSSR count). The van der Waals surface area contributed by atoms with E-state index in [9.17, 15) is 9.90 Å². The lowest BCUT2D eigenvalue weighted by Gasteiger charge is -2.10. The molecule has 1 aliphatic carbocycles. The number of carbonyl (C=O) groups is 1. The minimum absolute atomic E-state index is 0.0740. The molecule has 1 aromatic carbocycles. The number of carbonyl (C=O) groups excluding carboxylic acids is 1. The zero-order valence-corrected chi connectivity index (χ0v) is 12.3. The van der Waals surface area contributed by atoms with Gasteiger partial charge in [0.2, 0.25) is 0 Å². The molecule has 0 spiro atoms. The quantitative estimate of drug-likeness (QED) is 0.792. The number of methoxy groups -OCH3 is 1. The lowest BCUT2D eigenvalue weighted by atomic mass is 10.1. The van der Waals surface area contributed by atoms with Crippen LogP contribution in [0, 0.1) is 5.92 Å². The zero-order chi connectivity index (χ0) is 15.7. The number of nitrogens with one attached hydrogen (secondary N) is 1. The lowest BCUT2D eigenvalue weighted by molar-refractivity contribution is 0.0896. The van der Waals surface area contributed by atoms with E-state index in [1.807, 2.05) is 12.1 Å². The number of benzene rings is 1. The summed E-state index contributed by atoms with van der Waals surface area (Å²) >= 11 is 0. The summed E-state index contributed by atoms with van der Waals surface area (Å²) in [5.41, 5.74) is 0.537. The highest BCUT2D eigenvalue weighted by Crippen LogP contribution is 2.29. The molecule has 22 heavy (non-hydrogen) atoms. The Kier molecular flexibility index (Phi) is 4.04. The molecule has 6 heteroatoms. The standard InChI is InChI=1S/C16H19NO5/c1-21-13-4-2-3-9-6-14(22-15(9)13)16(20)17-11-5-10(8-18)12(19)7-11/h2-4,6,10-12,18-19H,5,7-8H2,1H3,(H,17,20)/t10-,11-,12-/m1/s1. The van der Waals surface area contributed by atoms with Crippen molar-refractivity contribution in [2.24, 2.45) is 5.92 Å². The van der Waals surface area contributed by atoms with Crippen molar-refractivity contribution < 1.29 is 24.2 Å². The van der Waals surface area contributed by atoms with Gasteiger partial charge in [0.05, 0.1) is 13.2 Å². The summed E-state index contributed by atoms with van der Waals surface area (Å²) in [6.07, 6.45) is 0.430. The molecule has 0 bridgehead atoms. The van der Waals surface area contributed by atoms with Gasteiger partial charge in [0, 0.05) is 24.0 Å². The normalized spacial score (nSPS) is 24.6. The predicted octanol–water partition coefficient (Wildman–Crippen LogP) is 1.30. The maximum atomic E-state index is 12.3. The van der Waals surface area contributed by atoms with Crippen LogP contribution in [0.3, 0.4) is 0 Å². The van der Waals surface area contributed by atoms with Gasteiger partial charge < -0.3 is 24.7 Å². The van der Waals surface area contributed by atoms with Crippen LogP contribution in [0.15, 0.2) is 28.7 Å². The lowest BCUT2D eigenvalue weighted by Crippen LogP contribution is -2.33. The zero-order valence-electron chi connectivity index (χ0n) is 12.3. The van der Waals surface area contributed by atoms with Gasteiger partial charge in [-0.2, -0.15) is 0 Å². The molecule has 0 aliphatic heterocycles. The first-order chi connectivity index (χ1) is 10.6. The fourth-order valence-corrected chi connectivity index (χ4v) is 2.98. The van der Waals surface area contributed by atoms with E-state index in [0.29, 0.717) is 24.2 Å². The highest BCUT2D eigenvalue weighted by atomic mass is 16.5. The topological polar surface area (TPSA) is 91.9 Å². The highest BCUT2D eigenvalue weighted by Gasteiger charge is 2.33. The van der Waals surface area contributed by atoms with Crippen LogP contribution in [0.4, 0.5) is 0 Å². The second kappa shape index (κ2) is 5.98. The van der Waals surface area contributed by atoms with Crippen LogP contribution in [-0.2, 0) is 0 Å². The Morgan fingerprint density at radius 3 is 2.95 bits per heavy atom. The van der Waals surface area contributed by atoms with Gasteiger partial charge in [-0.3, -0.25) is 4.79 Å². The van der Waals surface area contributed by atoms with Crippen LogP contribution in [0.2, 0.25) is 0 Å². The molecule has 1 saturated carbocycles. The number of aliphatic hydroxyl groups is 2. The van der Waals surface area contributed by atoms with Crippen molar-refractivity contribution in [2.75, 3.05) is 13.7 Å². The first kappa shape index (κ1) is 14.9. The molecule has 0 radical (unpaired) electrons. The number of furan rings is 1. The summed E-state index contributed by atoms with van der Waals surface area (Å²) in [5.74, 6) is 0.282.